The molecule has 1 amide bonds. The molecule has 1 heterocycles. The number of ketones is 2. The maximum Gasteiger partial charge on any atom is 0.224 e. The average Bonchev–Trinajstić information content (AvgIpc) is 3.22. The maximum atomic E-state index is 12.1. The Kier molecular flexibility index (Phi) is 8.12. The van der Waals surface area contributed by atoms with Gasteiger partial charge in [-0.1, -0.05) is 30.3 Å². The second-order valence-corrected chi connectivity index (χ2v) is 8.51. The molecule has 3 rings (SSSR count). The molecular weight excluding hydrogens is 410 g/mol. The number of amides is 1. The lowest BCUT2D eigenvalue weighted by Crippen LogP contribution is -2.13. The van der Waals surface area contributed by atoms with Crippen molar-refractivity contribution < 1.29 is 19.1 Å². The van der Waals surface area contributed by atoms with Gasteiger partial charge in [0.05, 0.1) is 4.88 Å². The van der Waals surface area contributed by atoms with Gasteiger partial charge in [0.1, 0.15) is 18.1 Å². The first-order chi connectivity index (χ1) is 15.0. The SMILES string of the molecule is Cc1ccc(C(=O)CCC(=O)CCC(=O)Nc2ccc(OCc3ccccc3)cc2)s1. The molecule has 0 bridgehead atoms. The molecule has 2 aromatic carbocycles. The first kappa shape index (κ1) is 22.4. The van der Waals surface area contributed by atoms with Crippen LogP contribution in [-0.4, -0.2) is 17.5 Å². The number of hydrogen-bond acceptors (Lipinski definition) is 5. The first-order valence-corrected chi connectivity index (χ1v) is 11.0. The lowest BCUT2D eigenvalue weighted by molar-refractivity contribution is -0.122. The lowest BCUT2D eigenvalue weighted by Gasteiger charge is -2.08. The van der Waals surface area contributed by atoms with Crippen LogP contribution in [0.15, 0.2) is 66.7 Å². The Bertz CT molecular complexity index is 1030. The van der Waals surface area contributed by atoms with Gasteiger partial charge in [0, 0.05) is 36.2 Å². The Balaban J connectivity index is 1.36. The molecule has 0 saturated heterocycles. The van der Waals surface area contributed by atoms with Crippen LogP contribution in [-0.2, 0) is 16.2 Å². The highest BCUT2D eigenvalue weighted by atomic mass is 32.1. The molecule has 0 radical (unpaired) electrons. The van der Waals surface area contributed by atoms with E-state index in [1.54, 1.807) is 30.3 Å². The van der Waals surface area contributed by atoms with Crippen LogP contribution < -0.4 is 10.1 Å². The van der Waals surface area contributed by atoms with Crippen LogP contribution in [0, 0.1) is 6.92 Å². The van der Waals surface area contributed by atoms with Gasteiger partial charge in [-0.05, 0) is 48.9 Å². The Morgan fingerprint density at radius 1 is 0.839 bits per heavy atom. The molecule has 1 aromatic heterocycles. The third-order valence-corrected chi connectivity index (χ3v) is 5.71. The Morgan fingerprint density at radius 2 is 1.55 bits per heavy atom. The highest BCUT2D eigenvalue weighted by Gasteiger charge is 2.12. The number of aryl methyl sites for hydroxylation is 1. The van der Waals surface area contributed by atoms with Crippen LogP contribution >= 0.6 is 11.3 Å². The minimum absolute atomic E-state index is 0.0227. The van der Waals surface area contributed by atoms with Gasteiger partial charge in [-0.15, -0.1) is 11.3 Å². The van der Waals surface area contributed by atoms with Crippen LogP contribution in [0.25, 0.3) is 0 Å². The van der Waals surface area contributed by atoms with Crippen LogP contribution in [0.3, 0.4) is 0 Å². The molecule has 5 nitrogen and oxygen atoms in total. The van der Waals surface area contributed by atoms with Crippen molar-refractivity contribution in [3.05, 3.63) is 82.0 Å². The van der Waals surface area contributed by atoms with Crippen LogP contribution in [0.2, 0.25) is 0 Å². The van der Waals surface area contributed by atoms with E-state index in [0.717, 1.165) is 10.4 Å². The second-order valence-electron chi connectivity index (χ2n) is 7.22. The van der Waals surface area contributed by atoms with Crippen LogP contribution in [0.5, 0.6) is 5.75 Å². The average molecular weight is 436 g/mol. The molecular formula is C25H25NO4S. The van der Waals surface area contributed by atoms with E-state index in [0.29, 0.717) is 22.9 Å². The van der Waals surface area contributed by atoms with Gasteiger partial charge in [-0.3, -0.25) is 14.4 Å². The van der Waals surface area contributed by atoms with Crippen molar-refractivity contribution in [2.75, 3.05) is 5.32 Å². The predicted octanol–water partition coefficient (Wildman–Crippen LogP) is 5.59. The summed E-state index contributed by atoms with van der Waals surface area (Å²) in [4.78, 5) is 38.0. The van der Waals surface area contributed by atoms with E-state index in [9.17, 15) is 14.4 Å². The molecule has 6 heteroatoms. The van der Waals surface area contributed by atoms with Crippen molar-refractivity contribution in [3.63, 3.8) is 0 Å². The topological polar surface area (TPSA) is 72.5 Å². The third kappa shape index (κ3) is 7.50. The van der Waals surface area contributed by atoms with Gasteiger partial charge >= 0.3 is 0 Å². The molecule has 0 atom stereocenters. The van der Waals surface area contributed by atoms with Gasteiger partial charge in [-0.2, -0.15) is 0 Å². The molecule has 0 fully saturated rings. The number of anilines is 1. The molecule has 0 unspecified atom stereocenters. The zero-order valence-corrected chi connectivity index (χ0v) is 18.2. The number of carbonyl (C=O) groups is 3. The fourth-order valence-corrected chi connectivity index (χ4v) is 3.77. The van der Waals surface area contributed by atoms with Crippen molar-refractivity contribution in [1.29, 1.82) is 0 Å². The fourth-order valence-electron chi connectivity index (χ4n) is 2.94. The van der Waals surface area contributed by atoms with Gasteiger partial charge in [0.2, 0.25) is 5.91 Å². The molecule has 0 spiro atoms. The summed E-state index contributed by atoms with van der Waals surface area (Å²) in [5.41, 5.74) is 1.73. The quantitative estimate of drug-likeness (QED) is 0.399. The zero-order chi connectivity index (χ0) is 22.1. The molecule has 31 heavy (non-hydrogen) atoms. The molecule has 0 aliphatic heterocycles. The summed E-state index contributed by atoms with van der Waals surface area (Å²) in [6.07, 6.45) is 0.569. The minimum Gasteiger partial charge on any atom is -0.489 e. The molecule has 0 aliphatic rings. The summed E-state index contributed by atoms with van der Waals surface area (Å²) in [7, 11) is 0. The van der Waals surface area contributed by atoms with Gasteiger partial charge in [0.15, 0.2) is 5.78 Å². The number of nitrogens with one attached hydrogen (secondary N) is 1. The zero-order valence-electron chi connectivity index (χ0n) is 17.4. The van der Waals surface area contributed by atoms with Crippen molar-refractivity contribution in [3.8, 4) is 5.75 Å². The third-order valence-electron chi connectivity index (χ3n) is 4.66. The van der Waals surface area contributed by atoms with Crippen molar-refractivity contribution in [2.24, 2.45) is 0 Å². The van der Waals surface area contributed by atoms with E-state index in [4.69, 9.17) is 4.74 Å². The monoisotopic (exact) mass is 435 g/mol. The summed E-state index contributed by atoms with van der Waals surface area (Å²) in [5.74, 6) is 0.376. The molecule has 3 aromatic rings. The minimum atomic E-state index is -0.230. The van der Waals surface area contributed by atoms with E-state index < -0.39 is 0 Å². The number of Topliss-reactive ketones (excluding diaryl/α,β-unsaturated/α-hetero) is 2. The molecule has 160 valence electrons. The number of rotatable bonds is 11. The number of carbonyl (C=O) groups excluding carboxylic acids is 3. The predicted molar refractivity (Wildman–Crippen MR) is 123 cm³/mol. The van der Waals surface area contributed by atoms with Gasteiger partial charge in [0.25, 0.3) is 0 Å². The van der Waals surface area contributed by atoms with E-state index in [2.05, 4.69) is 5.32 Å². The van der Waals surface area contributed by atoms with E-state index in [1.807, 2.05) is 43.3 Å². The van der Waals surface area contributed by atoms with Gasteiger partial charge in [-0.25, -0.2) is 0 Å². The Labute approximate surface area is 186 Å². The normalized spacial score (nSPS) is 10.5. The number of hydrogen-bond donors (Lipinski definition) is 1. The summed E-state index contributed by atoms with van der Waals surface area (Å²) < 4.78 is 5.73. The van der Waals surface area contributed by atoms with Crippen LogP contribution in [0.1, 0.15) is 45.8 Å². The largest absolute Gasteiger partial charge is 0.489 e. The summed E-state index contributed by atoms with van der Waals surface area (Å²) in [5, 5.41) is 2.78. The summed E-state index contributed by atoms with van der Waals surface area (Å²) >= 11 is 1.44. The van der Waals surface area contributed by atoms with E-state index in [1.165, 1.54) is 11.3 Å². The molecule has 0 aliphatic carbocycles. The maximum absolute atomic E-state index is 12.1. The Morgan fingerprint density at radius 3 is 2.23 bits per heavy atom. The summed E-state index contributed by atoms with van der Waals surface area (Å²) in [6, 6.07) is 20.7. The van der Waals surface area contributed by atoms with E-state index >= 15 is 0 Å². The number of benzene rings is 2. The molecule has 0 saturated carbocycles. The number of ether oxygens (including phenoxy) is 1. The van der Waals surface area contributed by atoms with Crippen molar-refractivity contribution in [1.82, 2.24) is 0 Å². The second kappa shape index (κ2) is 11.2. The number of thiophene rings is 1. The van der Waals surface area contributed by atoms with E-state index in [-0.39, 0.29) is 43.2 Å². The van der Waals surface area contributed by atoms with Crippen molar-refractivity contribution >= 4 is 34.5 Å². The highest BCUT2D eigenvalue weighted by Crippen LogP contribution is 2.19. The van der Waals surface area contributed by atoms with Gasteiger partial charge < -0.3 is 10.1 Å². The highest BCUT2D eigenvalue weighted by molar-refractivity contribution is 7.14. The van der Waals surface area contributed by atoms with Crippen molar-refractivity contribution in [2.45, 2.75) is 39.2 Å². The fraction of sp³-hybridized carbons (Fsp3) is 0.240. The summed E-state index contributed by atoms with van der Waals surface area (Å²) in [6.45, 7) is 2.42. The molecule has 1 N–H and O–H groups in total. The smallest absolute Gasteiger partial charge is 0.224 e. The lowest BCUT2D eigenvalue weighted by atomic mass is 10.1. The standard InChI is InChI=1S/C25H25NO4S/c1-18-7-15-24(31-18)23(28)14-10-21(27)11-16-25(29)26-20-8-12-22(13-9-20)30-17-19-5-3-2-4-6-19/h2-9,12-13,15H,10-11,14,16-17H2,1H3,(H,26,29). The first-order valence-electron chi connectivity index (χ1n) is 10.2. The Hall–Kier alpha value is -3.25. The van der Waals surface area contributed by atoms with Crippen LogP contribution in [0.4, 0.5) is 5.69 Å².